The van der Waals surface area contributed by atoms with Crippen LogP contribution in [0.25, 0.3) is 0 Å². The zero-order chi connectivity index (χ0) is 11.7. The smallest absolute Gasteiger partial charge is 0.165 e. The predicted molar refractivity (Wildman–Crippen MR) is 58.9 cm³/mol. The molecule has 0 unspecified atom stereocenters. The minimum Gasteiger partial charge on any atom is -0.398 e. The number of halogens is 1. The van der Waals surface area contributed by atoms with Gasteiger partial charge in [0, 0.05) is 24.3 Å². The standard InChI is InChI=1S/C12H14FNO2/c13-9-6-10(14)12-8(7(9)4-5-15)2-1-3-11(12)16/h6,15H,1-5,14H2. The van der Waals surface area contributed by atoms with Crippen LogP contribution in [0.5, 0.6) is 0 Å². The molecule has 16 heavy (non-hydrogen) atoms. The molecule has 3 N–H and O–H groups in total. The van der Waals surface area contributed by atoms with Crippen molar-refractivity contribution in [2.24, 2.45) is 0 Å². The third-order valence-corrected chi connectivity index (χ3v) is 3.00. The molecule has 1 aliphatic rings. The molecular weight excluding hydrogens is 209 g/mol. The largest absolute Gasteiger partial charge is 0.398 e. The highest BCUT2D eigenvalue weighted by molar-refractivity contribution is 6.03. The van der Waals surface area contributed by atoms with Crippen molar-refractivity contribution in [3.05, 3.63) is 28.6 Å². The number of hydrogen-bond acceptors (Lipinski definition) is 3. The monoisotopic (exact) mass is 223 g/mol. The van der Waals surface area contributed by atoms with Gasteiger partial charge in [0.05, 0.1) is 0 Å². The van der Waals surface area contributed by atoms with Crippen molar-refractivity contribution in [2.75, 3.05) is 12.3 Å². The van der Waals surface area contributed by atoms with Gasteiger partial charge in [-0.05, 0) is 36.5 Å². The van der Waals surface area contributed by atoms with E-state index in [1.54, 1.807) is 0 Å². The molecule has 86 valence electrons. The van der Waals surface area contributed by atoms with Gasteiger partial charge in [-0.2, -0.15) is 0 Å². The third-order valence-electron chi connectivity index (χ3n) is 3.00. The fourth-order valence-electron chi connectivity index (χ4n) is 2.30. The first kappa shape index (κ1) is 11.1. The van der Waals surface area contributed by atoms with Crippen LogP contribution in [0.15, 0.2) is 6.07 Å². The summed E-state index contributed by atoms with van der Waals surface area (Å²) in [6, 6.07) is 1.19. The van der Waals surface area contributed by atoms with Crippen molar-refractivity contribution >= 4 is 11.5 Å². The van der Waals surface area contributed by atoms with E-state index in [-0.39, 0.29) is 24.5 Å². The van der Waals surface area contributed by atoms with Crippen molar-refractivity contribution in [3.63, 3.8) is 0 Å². The summed E-state index contributed by atoms with van der Waals surface area (Å²) in [5, 5.41) is 8.90. The van der Waals surface area contributed by atoms with E-state index in [1.807, 2.05) is 0 Å². The number of aliphatic hydroxyl groups excluding tert-OH is 1. The van der Waals surface area contributed by atoms with E-state index < -0.39 is 5.82 Å². The Labute approximate surface area is 93.1 Å². The molecule has 4 heteroatoms. The lowest BCUT2D eigenvalue weighted by molar-refractivity contribution is 0.0973. The Morgan fingerprint density at radius 2 is 2.19 bits per heavy atom. The van der Waals surface area contributed by atoms with Crippen molar-refractivity contribution < 1.29 is 14.3 Å². The summed E-state index contributed by atoms with van der Waals surface area (Å²) in [6.45, 7) is -0.124. The van der Waals surface area contributed by atoms with E-state index >= 15 is 0 Å². The van der Waals surface area contributed by atoms with Gasteiger partial charge in [-0.1, -0.05) is 0 Å². The predicted octanol–water partition coefficient (Wildman–Crippen LogP) is 1.46. The van der Waals surface area contributed by atoms with E-state index in [0.29, 0.717) is 29.5 Å². The first-order valence-electron chi connectivity index (χ1n) is 5.39. The number of anilines is 1. The molecule has 3 nitrogen and oxygen atoms in total. The number of nitrogens with two attached hydrogens (primary N) is 1. The Bertz CT molecular complexity index is 443. The fraction of sp³-hybridized carbons (Fsp3) is 0.417. The molecule has 0 bridgehead atoms. The maximum Gasteiger partial charge on any atom is 0.165 e. The molecule has 0 spiro atoms. The van der Waals surface area contributed by atoms with Crippen LogP contribution in [-0.4, -0.2) is 17.5 Å². The van der Waals surface area contributed by atoms with Gasteiger partial charge in [-0.15, -0.1) is 0 Å². The summed E-state index contributed by atoms with van der Waals surface area (Å²) in [4.78, 5) is 11.7. The van der Waals surface area contributed by atoms with E-state index in [2.05, 4.69) is 0 Å². The second-order valence-electron chi connectivity index (χ2n) is 4.03. The highest BCUT2D eigenvalue weighted by Gasteiger charge is 2.24. The average molecular weight is 223 g/mol. The van der Waals surface area contributed by atoms with Crippen LogP contribution in [0.1, 0.15) is 34.3 Å². The van der Waals surface area contributed by atoms with Crippen LogP contribution in [0.2, 0.25) is 0 Å². The first-order valence-corrected chi connectivity index (χ1v) is 5.39. The van der Waals surface area contributed by atoms with Gasteiger partial charge < -0.3 is 10.8 Å². The number of ketones is 1. The van der Waals surface area contributed by atoms with Gasteiger partial charge in [0.15, 0.2) is 5.78 Å². The number of carbonyl (C=O) groups excluding carboxylic acids is 1. The van der Waals surface area contributed by atoms with Gasteiger partial charge in [-0.25, -0.2) is 4.39 Å². The molecule has 0 aromatic heterocycles. The second kappa shape index (κ2) is 4.22. The van der Waals surface area contributed by atoms with Gasteiger partial charge in [-0.3, -0.25) is 4.79 Å². The Kier molecular flexibility index (Phi) is 2.92. The van der Waals surface area contributed by atoms with Gasteiger partial charge in [0.2, 0.25) is 0 Å². The number of nitrogen functional groups attached to an aromatic ring is 1. The minimum atomic E-state index is -0.417. The molecule has 1 aromatic carbocycles. The molecule has 1 aromatic rings. The van der Waals surface area contributed by atoms with Crippen LogP contribution < -0.4 is 5.73 Å². The molecular formula is C12H14FNO2. The lowest BCUT2D eigenvalue weighted by Gasteiger charge is -2.20. The molecule has 0 saturated carbocycles. The molecule has 0 radical (unpaired) electrons. The summed E-state index contributed by atoms with van der Waals surface area (Å²) in [6.07, 6.45) is 2.11. The lowest BCUT2D eigenvalue weighted by atomic mass is 9.85. The first-order chi connectivity index (χ1) is 7.65. The molecule has 0 amide bonds. The van der Waals surface area contributed by atoms with E-state index in [9.17, 15) is 9.18 Å². The van der Waals surface area contributed by atoms with E-state index in [4.69, 9.17) is 10.8 Å². The Morgan fingerprint density at radius 1 is 1.44 bits per heavy atom. The number of benzene rings is 1. The summed E-state index contributed by atoms with van der Waals surface area (Å²) in [5.41, 5.74) is 7.51. The van der Waals surface area contributed by atoms with Gasteiger partial charge in [0.25, 0.3) is 0 Å². The maximum atomic E-state index is 13.7. The third kappa shape index (κ3) is 1.69. The van der Waals surface area contributed by atoms with Crippen molar-refractivity contribution in [2.45, 2.75) is 25.7 Å². The van der Waals surface area contributed by atoms with Crippen LogP contribution in [0.3, 0.4) is 0 Å². The molecule has 0 heterocycles. The second-order valence-corrected chi connectivity index (χ2v) is 4.03. The number of hydrogen-bond donors (Lipinski definition) is 2. The average Bonchev–Trinajstić information content (AvgIpc) is 2.23. The molecule has 2 rings (SSSR count). The van der Waals surface area contributed by atoms with Crippen molar-refractivity contribution in [1.29, 1.82) is 0 Å². The Balaban J connectivity index is 2.62. The highest BCUT2D eigenvalue weighted by Crippen LogP contribution is 2.31. The topological polar surface area (TPSA) is 63.3 Å². The lowest BCUT2D eigenvalue weighted by Crippen LogP contribution is -2.17. The minimum absolute atomic E-state index is 0.0158. The number of rotatable bonds is 2. The Morgan fingerprint density at radius 3 is 2.88 bits per heavy atom. The molecule has 0 atom stereocenters. The highest BCUT2D eigenvalue weighted by atomic mass is 19.1. The van der Waals surface area contributed by atoms with E-state index in [1.165, 1.54) is 6.07 Å². The van der Waals surface area contributed by atoms with Crippen LogP contribution in [0.4, 0.5) is 10.1 Å². The zero-order valence-electron chi connectivity index (χ0n) is 8.92. The SMILES string of the molecule is Nc1cc(F)c(CCO)c2c1C(=O)CCC2. The van der Waals surface area contributed by atoms with Gasteiger partial charge >= 0.3 is 0 Å². The van der Waals surface area contributed by atoms with Gasteiger partial charge in [0.1, 0.15) is 5.82 Å². The van der Waals surface area contributed by atoms with Crippen molar-refractivity contribution in [1.82, 2.24) is 0 Å². The fourth-order valence-corrected chi connectivity index (χ4v) is 2.30. The summed E-state index contributed by atoms with van der Waals surface area (Å²) >= 11 is 0. The quantitative estimate of drug-likeness (QED) is 0.746. The molecule has 0 saturated heterocycles. The molecule has 1 aliphatic carbocycles. The molecule has 0 fully saturated rings. The van der Waals surface area contributed by atoms with Crippen molar-refractivity contribution in [3.8, 4) is 0 Å². The molecule has 0 aliphatic heterocycles. The maximum absolute atomic E-state index is 13.7. The summed E-state index contributed by atoms with van der Waals surface area (Å²) in [5.74, 6) is -0.432. The Hall–Kier alpha value is -1.42. The number of fused-ring (bicyclic) bond motifs is 1. The number of aliphatic hydroxyl groups is 1. The summed E-state index contributed by atoms with van der Waals surface area (Å²) < 4.78 is 13.7. The van der Waals surface area contributed by atoms with Crippen LogP contribution in [-0.2, 0) is 12.8 Å². The normalized spacial score (nSPS) is 15.0. The zero-order valence-corrected chi connectivity index (χ0v) is 8.92. The van der Waals surface area contributed by atoms with Crippen LogP contribution in [0, 0.1) is 5.82 Å². The number of carbonyl (C=O) groups is 1. The number of Topliss-reactive ketones (excluding diaryl/α,β-unsaturated/α-hetero) is 1. The van der Waals surface area contributed by atoms with Crippen LogP contribution >= 0.6 is 0 Å². The summed E-state index contributed by atoms with van der Waals surface area (Å²) in [7, 11) is 0. The van der Waals surface area contributed by atoms with E-state index in [0.717, 1.165) is 6.42 Å².